The van der Waals surface area contributed by atoms with Crippen molar-refractivity contribution in [3.8, 4) is 0 Å². The third kappa shape index (κ3) is 18.3. The van der Waals surface area contributed by atoms with E-state index in [1.165, 1.54) is 19.4 Å². The number of carbonyl (C=O) groups excluding carboxylic acids is 10. The largest absolute Gasteiger partial charge is 0.370 e. The van der Waals surface area contributed by atoms with Crippen molar-refractivity contribution in [2.45, 2.75) is 134 Å². The van der Waals surface area contributed by atoms with Gasteiger partial charge in [-0.1, -0.05) is 76.2 Å². The Morgan fingerprint density at radius 2 is 1.40 bits per heavy atom. The summed E-state index contributed by atoms with van der Waals surface area (Å²) in [6.07, 6.45) is 3.94. The number of nitrogens with zero attached hydrogens (tertiary/aromatic N) is 1. The van der Waals surface area contributed by atoms with Crippen molar-refractivity contribution in [3.05, 3.63) is 90.1 Å². The minimum atomic E-state index is -4.21. The summed E-state index contributed by atoms with van der Waals surface area (Å²) in [6, 6.07) is 7.27. The molecule has 2 aromatic carbocycles. The maximum atomic E-state index is 14.1. The lowest BCUT2D eigenvalue weighted by atomic mass is 10.0. The van der Waals surface area contributed by atoms with Crippen molar-refractivity contribution < 1.29 is 56.4 Å². The van der Waals surface area contributed by atoms with E-state index in [1.807, 2.05) is 6.07 Å². The minimum absolute atomic E-state index is 0.0297. The predicted octanol–water partition coefficient (Wildman–Crippen LogP) is -1.52. The second kappa shape index (κ2) is 28.3. The topological polar surface area (TPSA) is 398 Å². The molecular formula is C52H71N13O12S. The van der Waals surface area contributed by atoms with Gasteiger partial charge in [-0.15, -0.1) is 0 Å². The van der Waals surface area contributed by atoms with E-state index in [0.717, 1.165) is 10.9 Å². The molecule has 2 aromatic heterocycles. The molecule has 0 radical (unpaired) electrons. The molecule has 1 saturated heterocycles. The first-order chi connectivity index (χ1) is 36.9. The number of rotatable bonds is 30. The van der Waals surface area contributed by atoms with Crippen LogP contribution in [0.1, 0.15) is 83.5 Å². The average molecular weight is 1100 g/mol. The van der Waals surface area contributed by atoms with E-state index in [9.17, 15) is 56.4 Å². The predicted molar refractivity (Wildman–Crippen MR) is 285 cm³/mol. The summed E-state index contributed by atoms with van der Waals surface area (Å²) in [7, 11) is -4.21. The Morgan fingerprint density at radius 1 is 0.731 bits per heavy atom. The van der Waals surface area contributed by atoms with Crippen LogP contribution in [0.3, 0.4) is 0 Å². The van der Waals surface area contributed by atoms with Gasteiger partial charge in [0.15, 0.2) is 9.84 Å². The molecule has 0 saturated carbocycles. The number of nitrogens with one attached hydrogen (secondary N) is 10. The van der Waals surface area contributed by atoms with Crippen LogP contribution in [-0.2, 0) is 77.0 Å². The zero-order valence-electron chi connectivity index (χ0n) is 44.2. The Bertz CT molecular complexity index is 2890. The van der Waals surface area contributed by atoms with Crippen LogP contribution < -0.4 is 54.0 Å². The molecule has 422 valence electrons. The van der Waals surface area contributed by atoms with E-state index >= 15 is 0 Å². The van der Waals surface area contributed by atoms with Gasteiger partial charge in [0.05, 0.1) is 18.6 Å². The number of aromatic amines is 2. The molecule has 1 aliphatic rings. The van der Waals surface area contributed by atoms with Crippen LogP contribution in [0.25, 0.3) is 10.9 Å². The molecule has 0 aliphatic carbocycles. The van der Waals surface area contributed by atoms with Crippen molar-refractivity contribution >= 4 is 79.8 Å². The molecule has 8 atom stereocenters. The van der Waals surface area contributed by atoms with E-state index in [4.69, 9.17) is 11.5 Å². The van der Waals surface area contributed by atoms with Crippen molar-refractivity contribution in [1.82, 2.24) is 57.5 Å². The number of nitrogens with two attached hydrogens (primary N) is 2. The normalized spacial score (nSPS) is 16.1. The van der Waals surface area contributed by atoms with Crippen molar-refractivity contribution in [3.63, 3.8) is 0 Å². The summed E-state index contributed by atoms with van der Waals surface area (Å²) in [5.41, 5.74) is 13.4. The molecule has 14 N–H and O–H groups in total. The lowest BCUT2D eigenvalue weighted by molar-refractivity contribution is -0.135. The average Bonchev–Trinajstić information content (AvgIpc) is 4.17. The summed E-state index contributed by atoms with van der Waals surface area (Å²) >= 11 is 0. The molecule has 0 bridgehead atoms. The van der Waals surface area contributed by atoms with E-state index in [0.29, 0.717) is 16.8 Å². The molecule has 1 fully saturated rings. The second-order valence-corrected chi connectivity index (χ2v) is 22.4. The van der Waals surface area contributed by atoms with Crippen LogP contribution in [0.15, 0.2) is 73.3 Å². The lowest BCUT2D eigenvalue weighted by Crippen LogP contribution is -2.59. The fraction of sp³-hybridized carbons (Fsp3) is 0.481. The summed E-state index contributed by atoms with van der Waals surface area (Å²) < 4.78 is 27.4. The molecule has 4 aromatic rings. The number of primary amides is 2. The maximum absolute atomic E-state index is 14.1. The SMILES string of the molecule is CC(C)C[C@H](C(N)=O)S(=O)(=O)C[C@H](Cc1ccccc1)NC(=O)[C@H](Cc1cnc[nH]1)NC(=O)CNC(=O)[C@@H](NC(=O)[C@H](C)NC(=O)[C@H](Cc1c[nH]c2ccccc12)NC(=O)[C@H](CCC(N)=O)NC(=O)[C@@H]1CCC(=O)N1)C(C)C. The number of benzene rings is 2. The molecule has 5 rings (SSSR count). The van der Waals surface area contributed by atoms with E-state index in [2.05, 4.69) is 57.5 Å². The maximum Gasteiger partial charge on any atom is 0.243 e. The fourth-order valence-electron chi connectivity index (χ4n) is 8.80. The summed E-state index contributed by atoms with van der Waals surface area (Å²) in [5, 5.41) is 19.9. The van der Waals surface area contributed by atoms with E-state index < -0.39 is 129 Å². The zero-order chi connectivity index (χ0) is 57.3. The van der Waals surface area contributed by atoms with E-state index in [1.54, 1.807) is 82.4 Å². The fourth-order valence-corrected chi connectivity index (χ4v) is 10.8. The molecule has 10 amide bonds. The number of aromatic nitrogens is 3. The Kier molecular flexibility index (Phi) is 22.0. The van der Waals surface area contributed by atoms with Crippen LogP contribution in [0, 0.1) is 11.8 Å². The summed E-state index contributed by atoms with van der Waals surface area (Å²) in [6.45, 7) is 7.42. The molecule has 0 spiro atoms. The molecule has 78 heavy (non-hydrogen) atoms. The van der Waals surface area contributed by atoms with Gasteiger partial charge in [0.2, 0.25) is 59.1 Å². The number of para-hydroxylation sites is 1. The Morgan fingerprint density at radius 3 is 2.03 bits per heavy atom. The van der Waals surface area contributed by atoms with Gasteiger partial charge < -0.3 is 64.0 Å². The van der Waals surface area contributed by atoms with Crippen molar-refractivity contribution in [1.29, 1.82) is 0 Å². The van der Waals surface area contributed by atoms with E-state index in [-0.39, 0.29) is 63.2 Å². The summed E-state index contributed by atoms with van der Waals surface area (Å²) in [4.78, 5) is 142. The summed E-state index contributed by atoms with van der Waals surface area (Å²) in [5.74, 6) is -9.13. The van der Waals surface area contributed by atoms with Gasteiger partial charge in [0.1, 0.15) is 41.5 Å². The number of imidazole rings is 1. The number of carbonyl (C=O) groups is 10. The highest BCUT2D eigenvalue weighted by Crippen LogP contribution is 2.21. The molecule has 3 heterocycles. The molecular weight excluding hydrogens is 1030 g/mol. The molecule has 26 heteroatoms. The zero-order valence-corrected chi connectivity index (χ0v) is 45.0. The highest BCUT2D eigenvalue weighted by atomic mass is 32.2. The monoisotopic (exact) mass is 1100 g/mol. The number of amides is 10. The molecule has 0 unspecified atom stereocenters. The van der Waals surface area contributed by atoms with Crippen molar-refractivity contribution in [2.75, 3.05) is 12.3 Å². The molecule has 1 aliphatic heterocycles. The van der Waals surface area contributed by atoms with Crippen LogP contribution in [0.4, 0.5) is 0 Å². The van der Waals surface area contributed by atoms with Gasteiger partial charge in [-0.25, -0.2) is 13.4 Å². The first-order valence-electron chi connectivity index (χ1n) is 25.6. The van der Waals surface area contributed by atoms with Gasteiger partial charge in [0, 0.05) is 60.7 Å². The number of H-pyrrole nitrogens is 2. The quantitative estimate of drug-likeness (QED) is 0.0283. The molecule has 25 nitrogen and oxygen atoms in total. The van der Waals surface area contributed by atoms with Crippen molar-refractivity contribution in [2.24, 2.45) is 23.3 Å². The van der Waals surface area contributed by atoms with Crippen LogP contribution in [-0.4, -0.2) is 142 Å². The third-order valence-electron chi connectivity index (χ3n) is 12.9. The highest BCUT2D eigenvalue weighted by Gasteiger charge is 2.37. The Balaban J connectivity index is 1.26. The number of hydrogen-bond acceptors (Lipinski definition) is 13. The van der Waals surface area contributed by atoms with Gasteiger partial charge >= 0.3 is 0 Å². The second-order valence-electron chi connectivity index (χ2n) is 20.2. The lowest BCUT2D eigenvalue weighted by Gasteiger charge is -2.27. The number of sulfone groups is 1. The van der Waals surface area contributed by atoms with Gasteiger partial charge in [0.25, 0.3) is 0 Å². The van der Waals surface area contributed by atoms with Gasteiger partial charge in [-0.2, -0.15) is 0 Å². The Hall–Kier alpha value is -8.16. The standard InChI is InChI=1S/C52H71N13O12S/c1-28(2)19-41(46(54)69)78(76,77)26-34(20-31-11-7-6-8-12-31)60-51(74)40(22-33-24-55-27-58-33)62-44(68)25-57-52(75)45(29(3)4)65-47(70)30(5)59-50(73)39(21-32-23-56-36-14-10-9-13-35(32)36)64-49(72)38(15-17-42(53)66)63-48(71)37-16-18-43(67)61-37/h6-14,23-24,27-30,34,37-41,45,56H,15-22,25-26H2,1-5H3,(H2,53,66)(H2,54,69)(H,55,58)(H,57,75)(H,59,73)(H,60,74)(H,61,67)(H,62,68)(H,63,71)(H,64,72)(H,65,70)/t30-,34-,37-,38-,39-,40-,41+,45-/m0/s1. The van der Waals surface area contributed by atoms with Gasteiger partial charge in [-0.05, 0) is 61.6 Å². The first-order valence-corrected chi connectivity index (χ1v) is 27.4. The number of hydrogen-bond donors (Lipinski definition) is 12. The van der Waals surface area contributed by atoms with Crippen LogP contribution in [0.2, 0.25) is 0 Å². The van der Waals surface area contributed by atoms with Crippen LogP contribution >= 0.6 is 0 Å². The smallest absolute Gasteiger partial charge is 0.243 e. The highest BCUT2D eigenvalue weighted by molar-refractivity contribution is 7.92. The first kappa shape index (κ1) is 60.7. The third-order valence-corrected chi connectivity index (χ3v) is 15.1. The Labute approximate surface area is 451 Å². The minimum Gasteiger partial charge on any atom is -0.370 e. The number of fused-ring (bicyclic) bond motifs is 1. The van der Waals surface area contributed by atoms with Gasteiger partial charge in [-0.3, -0.25) is 47.9 Å². The van der Waals surface area contributed by atoms with Crippen LogP contribution in [0.5, 0.6) is 0 Å².